The van der Waals surface area contributed by atoms with Crippen molar-refractivity contribution in [2.24, 2.45) is 5.73 Å². The molecule has 0 heterocycles. The Morgan fingerprint density at radius 1 is 1.53 bits per heavy atom. The van der Waals surface area contributed by atoms with E-state index in [0.29, 0.717) is 24.3 Å². The predicted octanol–water partition coefficient (Wildman–Crippen LogP) is 2.07. The smallest absolute Gasteiger partial charge is 0.224 e. The minimum atomic E-state index is -0.0375. The molecular formula is C13H20N2O2. The zero-order chi connectivity index (χ0) is 12.8. The molecule has 4 heteroatoms. The van der Waals surface area contributed by atoms with Gasteiger partial charge in [0.05, 0.1) is 12.8 Å². The van der Waals surface area contributed by atoms with Crippen LogP contribution in [0.25, 0.3) is 0 Å². The summed E-state index contributed by atoms with van der Waals surface area (Å²) in [6.45, 7) is 3.87. The Morgan fingerprint density at radius 2 is 2.24 bits per heavy atom. The molecule has 0 fully saturated rings. The highest BCUT2D eigenvalue weighted by Gasteiger charge is 2.08. The third kappa shape index (κ3) is 4.44. The van der Waals surface area contributed by atoms with E-state index >= 15 is 0 Å². The normalized spacial score (nSPS) is 12.0. The average molecular weight is 236 g/mol. The lowest BCUT2D eigenvalue weighted by Gasteiger charge is -2.11. The molecule has 1 atom stereocenters. The zero-order valence-electron chi connectivity index (χ0n) is 10.6. The van der Waals surface area contributed by atoms with Crippen LogP contribution in [0.15, 0.2) is 18.2 Å². The van der Waals surface area contributed by atoms with Crippen LogP contribution < -0.4 is 15.8 Å². The summed E-state index contributed by atoms with van der Waals surface area (Å²) < 4.78 is 5.21. The average Bonchev–Trinajstić information content (AvgIpc) is 2.28. The Bertz CT molecular complexity index is 389. The van der Waals surface area contributed by atoms with Crippen LogP contribution in [0.2, 0.25) is 0 Å². The van der Waals surface area contributed by atoms with Gasteiger partial charge in [-0.05, 0) is 38.0 Å². The third-order valence-corrected chi connectivity index (χ3v) is 2.46. The molecule has 0 spiro atoms. The van der Waals surface area contributed by atoms with Crippen molar-refractivity contribution < 1.29 is 9.53 Å². The first-order valence-electron chi connectivity index (χ1n) is 5.73. The molecule has 1 aromatic rings. The molecule has 0 saturated carbocycles. The SMILES string of the molecule is COc1cc(C)ccc1NC(=O)CCC(C)N. The maximum absolute atomic E-state index is 11.6. The van der Waals surface area contributed by atoms with Gasteiger partial charge in [-0.2, -0.15) is 0 Å². The van der Waals surface area contributed by atoms with Crippen LogP contribution >= 0.6 is 0 Å². The lowest BCUT2D eigenvalue weighted by Crippen LogP contribution is -2.19. The number of methoxy groups -OCH3 is 1. The lowest BCUT2D eigenvalue weighted by atomic mass is 10.1. The van der Waals surface area contributed by atoms with Crippen molar-refractivity contribution in [2.45, 2.75) is 32.7 Å². The summed E-state index contributed by atoms with van der Waals surface area (Å²) >= 11 is 0. The third-order valence-electron chi connectivity index (χ3n) is 2.46. The number of carbonyl (C=O) groups is 1. The molecule has 94 valence electrons. The summed E-state index contributed by atoms with van der Waals surface area (Å²) in [5, 5.41) is 2.82. The van der Waals surface area contributed by atoms with Crippen molar-refractivity contribution in [2.75, 3.05) is 12.4 Å². The van der Waals surface area contributed by atoms with Gasteiger partial charge in [0.15, 0.2) is 0 Å². The van der Waals surface area contributed by atoms with Gasteiger partial charge >= 0.3 is 0 Å². The van der Waals surface area contributed by atoms with Crippen molar-refractivity contribution in [3.8, 4) is 5.75 Å². The molecule has 4 nitrogen and oxygen atoms in total. The minimum Gasteiger partial charge on any atom is -0.495 e. The Hall–Kier alpha value is -1.55. The molecule has 1 amide bonds. The first-order valence-corrected chi connectivity index (χ1v) is 5.73. The van der Waals surface area contributed by atoms with Gasteiger partial charge in [0.1, 0.15) is 5.75 Å². The number of benzene rings is 1. The summed E-state index contributed by atoms with van der Waals surface area (Å²) in [4.78, 5) is 11.6. The highest BCUT2D eigenvalue weighted by atomic mass is 16.5. The Morgan fingerprint density at radius 3 is 2.82 bits per heavy atom. The summed E-state index contributed by atoms with van der Waals surface area (Å²) in [6.07, 6.45) is 1.11. The summed E-state index contributed by atoms with van der Waals surface area (Å²) in [5.41, 5.74) is 7.40. The van der Waals surface area contributed by atoms with Crippen molar-refractivity contribution in [3.05, 3.63) is 23.8 Å². The van der Waals surface area contributed by atoms with E-state index in [0.717, 1.165) is 5.56 Å². The van der Waals surface area contributed by atoms with E-state index in [9.17, 15) is 4.79 Å². The zero-order valence-corrected chi connectivity index (χ0v) is 10.6. The van der Waals surface area contributed by atoms with Crippen molar-refractivity contribution >= 4 is 11.6 Å². The molecule has 1 aromatic carbocycles. The second-order valence-corrected chi connectivity index (χ2v) is 4.27. The molecule has 17 heavy (non-hydrogen) atoms. The second kappa shape index (κ2) is 6.25. The van der Waals surface area contributed by atoms with Gasteiger partial charge in [-0.15, -0.1) is 0 Å². The molecule has 3 N–H and O–H groups in total. The molecule has 0 aliphatic carbocycles. The number of nitrogens with one attached hydrogen (secondary N) is 1. The maximum atomic E-state index is 11.6. The highest BCUT2D eigenvalue weighted by molar-refractivity contribution is 5.92. The van der Waals surface area contributed by atoms with E-state index in [-0.39, 0.29) is 11.9 Å². The fourth-order valence-electron chi connectivity index (χ4n) is 1.47. The van der Waals surface area contributed by atoms with Crippen LogP contribution in [-0.4, -0.2) is 19.1 Å². The Balaban J connectivity index is 2.64. The fourth-order valence-corrected chi connectivity index (χ4v) is 1.47. The summed E-state index contributed by atoms with van der Waals surface area (Å²) in [6, 6.07) is 5.71. The molecule has 1 rings (SSSR count). The number of rotatable bonds is 5. The predicted molar refractivity (Wildman–Crippen MR) is 69.2 cm³/mol. The standard InChI is InChI=1S/C13H20N2O2/c1-9-4-6-11(12(8-9)17-3)15-13(16)7-5-10(2)14/h4,6,8,10H,5,7,14H2,1-3H3,(H,15,16). The van der Waals surface area contributed by atoms with Gasteiger partial charge in [-0.25, -0.2) is 0 Å². The van der Waals surface area contributed by atoms with E-state index < -0.39 is 0 Å². The van der Waals surface area contributed by atoms with Gasteiger partial charge in [-0.3, -0.25) is 4.79 Å². The lowest BCUT2D eigenvalue weighted by molar-refractivity contribution is -0.116. The molecule has 0 radical (unpaired) electrons. The summed E-state index contributed by atoms with van der Waals surface area (Å²) in [7, 11) is 1.59. The summed E-state index contributed by atoms with van der Waals surface area (Å²) in [5.74, 6) is 0.642. The molecular weight excluding hydrogens is 216 g/mol. The van der Waals surface area contributed by atoms with Crippen LogP contribution in [0.1, 0.15) is 25.3 Å². The number of hydrogen-bond donors (Lipinski definition) is 2. The minimum absolute atomic E-state index is 0.0375. The Labute approximate surface area is 102 Å². The van der Waals surface area contributed by atoms with Gasteiger partial charge in [0.2, 0.25) is 5.91 Å². The highest BCUT2D eigenvalue weighted by Crippen LogP contribution is 2.25. The number of carbonyl (C=O) groups excluding carboxylic acids is 1. The maximum Gasteiger partial charge on any atom is 0.224 e. The topological polar surface area (TPSA) is 64.3 Å². The van der Waals surface area contributed by atoms with Gasteiger partial charge in [0, 0.05) is 12.5 Å². The van der Waals surface area contributed by atoms with Crippen molar-refractivity contribution in [3.63, 3.8) is 0 Å². The molecule has 0 aliphatic rings. The number of anilines is 1. The van der Waals surface area contributed by atoms with E-state index in [4.69, 9.17) is 10.5 Å². The Kier molecular flexibility index (Phi) is 4.97. The number of amides is 1. The number of aryl methyl sites for hydroxylation is 1. The number of nitrogens with two attached hydrogens (primary N) is 1. The molecule has 0 aromatic heterocycles. The van der Waals surface area contributed by atoms with E-state index in [1.165, 1.54) is 0 Å². The molecule has 0 saturated heterocycles. The van der Waals surface area contributed by atoms with E-state index in [1.54, 1.807) is 7.11 Å². The van der Waals surface area contributed by atoms with Crippen LogP contribution in [0.3, 0.4) is 0 Å². The largest absolute Gasteiger partial charge is 0.495 e. The molecule has 0 aliphatic heterocycles. The fraction of sp³-hybridized carbons (Fsp3) is 0.462. The first kappa shape index (κ1) is 13.5. The van der Waals surface area contributed by atoms with Gasteiger partial charge < -0.3 is 15.8 Å². The van der Waals surface area contributed by atoms with Crippen LogP contribution in [0, 0.1) is 6.92 Å². The first-order chi connectivity index (χ1) is 8.02. The number of ether oxygens (including phenoxy) is 1. The monoisotopic (exact) mass is 236 g/mol. The van der Waals surface area contributed by atoms with Crippen LogP contribution in [0.4, 0.5) is 5.69 Å². The van der Waals surface area contributed by atoms with Crippen LogP contribution in [0.5, 0.6) is 5.75 Å². The second-order valence-electron chi connectivity index (χ2n) is 4.27. The quantitative estimate of drug-likeness (QED) is 0.822. The van der Waals surface area contributed by atoms with Crippen molar-refractivity contribution in [1.29, 1.82) is 0 Å². The number of hydrogen-bond acceptors (Lipinski definition) is 3. The van der Waals surface area contributed by atoms with E-state index in [2.05, 4.69) is 5.32 Å². The molecule has 1 unspecified atom stereocenters. The van der Waals surface area contributed by atoms with Crippen LogP contribution in [-0.2, 0) is 4.79 Å². The van der Waals surface area contributed by atoms with Crippen molar-refractivity contribution in [1.82, 2.24) is 0 Å². The van der Waals surface area contributed by atoms with Gasteiger partial charge in [0.25, 0.3) is 0 Å². The van der Waals surface area contributed by atoms with Gasteiger partial charge in [-0.1, -0.05) is 6.07 Å². The van der Waals surface area contributed by atoms with E-state index in [1.807, 2.05) is 32.0 Å². The molecule has 0 bridgehead atoms.